The van der Waals surface area contributed by atoms with Gasteiger partial charge in [0.25, 0.3) is 4.92 Å². The van der Waals surface area contributed by atoms with Crippen LogP contribution in [0.15, 0.2) is 35.3 Å². The van der Waals surface area contributed by atoms with Crippen LogP contribution in [-0.2, 0) is 22.7 Å². The third-order valence-corrected chi connectivity index (χ3v) is 5.73. The summed E-state index contributed by atoms with van der Waals surface area (Å²) < 4.78 is 8.50. The molecular formula is C22H23Cl2N4O5+. The molecule has 0 radical (unpaired) electrons. The van der Waals surface area contributed by atoms with E-state index in [2.05, 4.69) is 5.10 Å². The molecule has 3 rings (SSSR count). The summed E-state index contributed by atoms with van der Waals surface area (Å²) in [6.07, 6.45) is 1.52. The Labute approximate surface area is 200 Å². The van der Waals surface area contributed by atoms with Gasteiger partial charge in [0.2, 0.25) is 0 Å². The molecular weight excluding hydrogens is 471 g/mol. The van der Waals surface area contributed by atoms with E-state index in [1.165, 1.54) is 24.1 Å². The maximum atomic E-state index is 13.1. The number of rotatable bonds is 8. The average Bonchev–Trinajstić information content (AvgIpc) is 3.14. The van der Waals surface area contributed by atoms with E-state index < -0.39 is 11.4 Å². The topological polar surface area (TPSA) is 95.4 Å². The molecule has 0 amide bonds. The van der Waals surface area contributed by atoms with E-state index in [9.17, 15) is 14.5 Å². The number of carbonyl (C=O) groups is 1. The summed E-state index contributed by atoms with van der Waals surface area (Å²) in [6, 6.07) is 6.26. The number of halogens is 2. The Balaban J connectivity index is 2.23. The lowest BCUT2D eigenvalue weighted by molar-refractivity contribution is -0.737. The van der Waals surface area contributed by atoms with Crippen LogP contribution < -0.4 is 5.43 Å². The quantitative estimate of drug-likeness (QED) is 0.337. The standard InChI is InChI=1S/C22H23Cl2N4O5/c1-5-27-15(11-26-12-18(13(3)25-26)28(31)32-4)10-19(29)20(22(30)33-6-2)21(27)14-7-8-16(23)17(24)9-14/h7-10,12H,5-6,11H2,1-4H3/q+1. The Morgan fingerprint density at radius 3 is 2.52 bits per heavy atom. The Morgan fingerprint density at radius 2 is 1.91 bits per heavy atom. The number of aromatic nitrogens is 3. The molecule has 0 saturated heterocycles. The molecule has 0 unspecified atom stereocenters. The molecule has 33 heavy (non-hydrogen) atoms. The second-order valence-electron chi connectivity index (χ2n) is 7.05. The summed E-state index contributed by atoms with van der Waals surface area (Å²) in [6.45, 7) is 5.94. The number of aryl methyl sites for hydroxylation is 1. The van der Waals surface area contributed by atoms with Gasteiger partial charge >= 0.3 is 11.7 Å². The Bertz CT molecular complexity index is 1280. The fraction of sp³-hybridized carbons (Fsp3) is 0.318. The first kappa shape index (κ1) is 24.5. The lowest BCUT2D eigenvalue weighted by Gasteiger charge is -2.20. The van der Waals surface area contributed by atoms with Crippen molar-refractivity contribution in [3.63, 3.8) is 0 Å². The van der Waals surface area contributed by atoms with Gasteiger partial charge in [-0.3, -0.25) is 9.48 Å². The molecule has 0 bridgehead atoms. The highest BCUT2D eigenvalue weighted by molar-refractivity contribution is 6.42. The number of carbonyl (C=O) groups excluding carboxylic acids is 1. The molecule has 0 spiro atoms. The lowest BCUT2D eigenvalue weighted by atomic mass is 10.0. The molecule has 0 atom stereocenters. The lowest BCUT2D eigenvalue weighted by Crippen LogP contribution is -2.25. The predicted molar refractivity (Wildman–Crippen MR) is 124 cm³/mol. The first-order valence-electron chi connectivity index (χ1n) is 10.2. The van der Waals surface area contributed by atoms with E-state index in [0.717, 1.165) is 0 Å². The number of nitrogens with zero attached hydrogens (tertiary/aromatic N) is 4. The molecule has 174 valence electrons. The molecule has 0 aliphatic heterocycles. The maximum Gasteiger partial charge on any atom is 0.357 e. The highest BCUT2D eigenvalue weighted by atomic mass is 35.5. The first-order chi connectivity index (χ1) is 15.7. The van der Waals surface area contributed by atoms with Crippen molar-refractivity contribution in [1.29, 1.82) is 0 Å². The van der Waals surface area contributed by atoms with Crippen molar-refractivity contribution in [2.75, 3.05) is 13.7 Å². The summed E-state index contributed by atoms with van der Waals surface area (Å²) >= 11 is 12.3. The average molecular weight is 494 g/mol. The normalized spacial score (nSPS) is 10.8. The van der Waals surface area contributed by atoms with E-state index in [1.54, 1.807) is 32.0 Å². The molecule has 0 fully saturated rings. The van der Waals surface area contributed by atoms with Crippen molar-refractivity contribution >= 4 is 34.9 Å². The van der Waals surface area contributed by atoms with Gasteiger partial charge in [-0.1, -0.05) is 29.3 Å². The van der Waals surface area contributed by atoms with Crippen molar-refractivity contribution in [3.05, 3.63) is 72.6 Å². The summed E-state index contributed by atoms with van der Waals surface area (Å²) in [5.74, 6) is -0.725. The van der Waals surface area contributed by atoms with Crippen LogP contribution in [0.3, 0.4) is 0 Å². The minimum Gasteiger partial charge on any atom is -0.462 e. The summed E-state index contributed by atoms with van der Waals surface area (Å²) in [4.78, 5) is 42.8. The molecule has 3 aromatic rings. The monoisotopic (exact) mass is 493 g/mol. The van der Waals surface area contributed by atoms with Crippen LogP contribution in [0, 0.1) is 11.8 Å². The predicted octanol–water partition coefficient (Wildman–Crippen LogP) is 4.54. The van der Waals surface area contributed by atoms with Crippen molar-refractivity contribution in [1.82, 2.24) is 14.3 Å². The highest BCUT2D eigenvalue weighted by Crippen LogP contribution is 2.31. The third-order valence-electron chi connectivity index (χ3n) is 4.99. The SMILES string of the molecule is CCOC(=O)c1c(-c2ccc(Cl)c(Cl)c2)n(CC)c(Cn2cc([N+](=O)OC)c(C)n2)cc1=O. The van der Waals surface area contributed by atoms with Gasteiger partial charge in [0.15, 0.2) is 12.5 Å². The number of ether oxygens (including phenoxy) is 1. The molecule has 0 saturated carbocycles. The molecule has 9 nitrogen and oxygen atoms in total. The summed E-state index contributed by atoms with van der Waals surface area (Å²) in [7, 11) is 1.26. The smallest absolute Gasteiger partial charge is 0.357 e. The van der Waals surface area contributed by atoms with Crippen LogP contribution in [0.4, 0.5) is 5.69 Å². The van der Waals surface area contributed by atoms with Gasteiger partial charge in [0.1, 0.15) is 17.5 Å². The second-order valence-corrected chi connectivity index (χ2v) is 7.87. The van der Waals surface area contributed by atoms with Gasteiger partial charge in [-0.25, -0.2) is 9.63 Å². The number of esters is 1. The van der Waals surface area contributed by atoms with Gasteiger partial charge in [0.05, 0.1) is 33.8 Å². The van der Waals surface area contributed by atoms with Gasteiger partial charge in [0, 0.05) is 23.9 Å². The third kappa shape index (κ3) is 4.94. The van der Waals surface area contributed by atoms with E-state index in [-0.39, 0.29) is 29.4 Å². The van der Waals surface area contributed by atoms with Crippen molar-refractivity contribution in [2.45, 2.75) is 33.9 Å². The van der Waals surface area contributed by atoms with Gasteiger partial charge in [-0.2, -0.15) is 5.10 Å². The van der Waals surface area contributed by atoms with Crippen molar-refractivity contribution in [3.8, 4) is 11.3 Å². The number of hydrogen-bond donors (Lipinski definition) is 0. The minimum absolute atomic E-state index is 0.0942. The molecule has 0 aliphatic carbocycles. The fourth-order valence-electron chi connectivity index (χ4n) is 3.56. The Morgan fingerprint density at radius 1 is 1.18 bits per heavy atom. The van der Waals surface area contributed by atoms with Crippen LogP contribution in [-0.4, -0.2) is 39.0 Å². The van der Waals surface area contributed by atoms with Gasteiger partial charge < -0.3 is 9.30 Å². The maximum absolute atomic E-state index is 13.1. The molecule has 2 heterocycles. The van der Waals surface area contributed by atoms with E-state index in [4.69, 9.17) is 32.8 Å². The zero-order chi connectivity index (χ0) is 24.3. The number of pyridine rings is 1. The zero-order valence-electron chi connectivity index (χ0n) is 18.6. The Kier molecular flexibility index (Phi) is 7.55. The molecule has 0 aliphatic rings. The van der Waals surface area contributed by atoms with Crippen LogP contribution in [0.1, 0.15) is 35.6 Å². The second kappa shape index (κ2) is 10.2. The number of hydrogen-bond acceptors (Lipinski definition) is 6. The summed E-state index contributed by atoms with van der Waals surface area (Å²) in [5, 5.41) is 4.98. The van der Waals surface area contributed by atoms with Gasteiger partial charge in [-0.05, 0) is 32.9 Å². The van der Waals surface area contributed by atoms with Crippen LogP contribution in [0.5, 0.6) is 0 Å². The fourth-order valence-corrected chi connectivity index (χ4v) is 3.86. The summed E-state index contributed by atoms with van der Waals surface area (Å²) in [5.41, 5.74) is 1.59. The largest absolute Gasteiger partial charge is 0.462 e. The van der Waals surface area contributed by atoms with E-state index in [0.29, 0.717) is 39.1 Å². The van der Waals surface area contributed by atoms with E-state index in [1.807, 2.05) is 11.5 Å². The highest BCUT2D eigenvalue weighted by Gasteiger charge is 2.26. The van der Waals surface area contributed by atoms with Gasteiger partial charge in [-0.15, -0.1) is 0 Å². The molecule has 0 N–H and O–H groups in total. The van der Waals surface area contributed by atoms with Crippen molar-refractivity contribution in [2.24, 2.45) is 0 Å². The van der Waals surface area contributed by atoms with Crippen molar-refractivity contribution < 1.29 is 19.3 Å². The molecule has 1 aromatic carbocycles. The Hall–Kier alpha value is -3.17. The number of benzene rings is 1. The van der Waals surface area contributed by atoms with E-state index >= 15 is 0 Å². The molecule has 2 aromatic heterocycles. The minimum atomic E-state index is -0.725. The zero-order valence-corrected chi connectivity index (χ0v) is 20.1. The molecule has 11 heteroatoms. The van der Waals surface area contributed by atoms with Crippen LogP contribution >= 0.6 is 23.2 Å². The van der Waals surface area contributed by atoms with Crippen LogP contribution in [0.2, 0.25) is 10.0 Å². The van der Waals surface area contributed by atoms with Crippen LogP contribution in [0.25, 0.3) is 11.3 Å². The first-order valence-corrected chi connectivity index (χ1v) is 10.9.